The normalized spacial score (nSPS) is 22.8. The molecule has 18 heavy (non-hydrogen) atoms. The van der Waals surface area contributed by atoms with E-state index in [1.807, 2.05) is 30.3 Å². The zero-order valence-electron chi connectivity index (χ0n) is 10.1. The van der Waals surface area contributed by atoms with Crippen LogP contribution in [-0.2, 0) is 9.53 Å². The smallest absolute Gasteiger partial charge is 0.408 e. The van der Waals surface area contributed by atoms with E-state index in [0.717, 1.165) is 5.56 Å². The van der Waals surface area contributed by atoms with Crippen LogP contribution in [0.2, 0.25) is 0 Å². The first-order chi connectivity index (χ1) is 8.65. The molecule has 0 aliphatic carbocycles. The number of amides is 1. The fourth-order valence-electron chi connectivity index (χ4n) is 2.45. The molecule has 1 heterocycles. The first kappa shape index (κ1) is 12.4. The molecule has 0 bridgehead atoms. The van der Waals surface area contributed by atoms with E-state index in [0.29, 0.717) is 12.8 Å². The lowest BCUT2D eigenvalue weighted by Gasteiger charge is -2.26. The van der Waals surface area contributed by atoms with Gasteiger partial charge in [0.1, 0.15) is 6.04 Å². The Morgan fingerprint density at radius 2 is 1.94 bits per heavy atom. The number of benzene rings is 1. The van der Waals surface area contributed by atoms with E-state index < -0.39 is 18.1 Å². The maximum atomic E-state index is 11.6. The Balaban J connectivity index is 2.28. The van der Waals surface area contributed by atoms with E-state index in [1.165, 1.54) is 12.0 Å². The third kappa shape index (κ3) is 2.16. The molecule has 5 nitrogen and oxygen atoms in total. The summed E-state index contributed by atoms with van der Waals surface area (Å²) in [5.41, 5.74) is 0.909. The first-order valence-corrected chi connectivity index (χ1v) is 5.79. The number of ether oxygens (including phenoxy) is 1. The molecule has 1 aromatic carbocycles. The first-order valence-electron chi connectivity index (χ1n) is 5.79. The average Bonchev–Trinajstić information content (AvgIpc) is 2.83. The van der Waals surface area contributed by atoms with E-state index in [4.69, 9.17) is 0 Å². The quantitative estimate of drug-likeness (QED) is 0.814. The van der Waals surface area contributed by atoms with Crippen LogP contribution in [0.3, 0.4) is 0 Å². The number of nitrogens with zero attached hydrogens (tertiary/aromatic N) is 1. The summed E-state index contributed by atoms with van der Waals surface area (Å²) >= 11 is 0. The topological polar surface area (TPSA) is 66.8 Å². The van der Waals surface area contributed by atoms with Gasteiger partial charge in [0.05, 0.1) is 13.2 Å². The summed E-state index contributed by atoms with van der Waals surface area (Å²) < 4.78 is 4.65. The van der Waals surface area contributed by atoms with Crippen LogP contribution in [-0.4, -0.2) is 35.2 Å². The molecule has 2 unspecified atom stereocenters. The van der Waals surface area contributed by atoms with Crippen molar-refractivity contribution in [3.05, 3.63) is 35.9 Å². The lowest BCUT2D eigenvalue weighted by atomic mass is 10.1. The maximum Gasteiger partial charge on any atom is 0.408 e. The van der Waals surface area contributed by atoms with Crippen molar-refractivity contribution in [1.82, 2.24) is 4.90 Å². The van der Waals surface area contributed by atoms with Gasteiger partial charge in [-0.05, 0) is 18.4 Å². The molecule has 1 amide bonds. The molecule has 1 saturated heterocycles. The van der Waals surface area contributed by atoms with Gasteiger partial charge in [0.25, 0.3) is 0 Å². The van der Waals surface area contributed by atoms with Gasteiger partial charge in [-0.3, -0.25) is 4.90 Å². The highest BCUT2D eigenvalue weighted by Gasteiger charge is 2.42. The predicted octanol–water partition coefficient (Wildman–Crippen LogP) is 2.04. The molecule has 1 aliphatic rings. The van der Waals surface area contributed by atoms with Crippen molar-refractivity contribution in [2.24, 2.45) is 0 Å². The van der Waals surface area contributed by atoms with Crippen molar-refractivity contribution in [3.8, 4) is 0 Å². The van der Waals surface area contributed by atoms with Crippen molar-refractivity contribution >= 4 is 12.1 Å². The number of esters is 1. The lowest BCUT2D eigenvalue weighted by Crippen LogP contribution is -2.41. The van der Waals surface area contributed by atoms with Gasteiger partial charge in [-0.1, -0.05) is 30.3 Å². The van der Waals surface area contributed by atoms with E-state index in [-0.39, 0.29) is 6.04 Å². The van der Waals surface area contributed by atoms with E-state index in [1.54, 1.807) is 0 Å². The SMILES string of the molecule is COC(=O)C1CCC(c2ccccc2)N1C(=O)O. The Hall–Kier alpha value is -2.04. The average molecular weight is 249 g/mol. The third-order valence-electron chi connectivity index (χ3n) is 3.26. The Morgan fingerprint density at radius 3 is 2.50 bits per heavy atom. The number of hydrogen-bond acceptors (Lipinski definition) is 3. The van der Waals surface area contributed by atoms with Crippen LogP contribution < -0.4 is 0 Å². The molecule has 1 fully saturated rings. The van der Waals surface area contributed by atoms with Crippen LogP contribution in [0.1, 0.15) is 24.4 Å². The molecular weight excluding hydrogens is 234 g/mol. The second kappa shape index (κ2) is 5.08. The molecule has 2 rings (SSSR count). The van der Waals surface area contributed by atoms with Gasteiger partial charge < -0.3 is 9.84 Å². The molecule has 0 aromatic heterocycles. The van der Waals surface area contributed by atoms with Gasteiger partial charge in [0, 0.05) is 0 Å². The number of carboxylic acid groups (broad SMARTS) is 1. The molecule has 96 valence electrons. The van der Waals surface area contributed by atoms with E-state index in [9.17, 15) is 14.7 Å². The Morgan fingerprint density at radius 1 is 1.28 bits per heavy atom. The molecule has 0 spiro atoms. The van der Waals surface area contributed by atoms with Crippen LogP contribution in [0.4, 0.5) is 4.79 Å². The highest BCUT2D eigenvalue weighted by atomic mass is 16.5. The van der Waals surface area contributed by atoms with Crippen LogP contribution in [0.25, 0.3) is 0 Å². The number of methoxy groups -OCH3 is 1. The number of carbonyl (C=O) groups excluding carboxylic acids is 1. The molecule has 5 heteroatoms. The van der Waals surface area contributed by atoms with Crippen LogP contribution in [0.5, 0.6) is 0 Å². The largest absolute Gasteiger partial charge is 0.467 e. The maximum absolute atomic E-state index is 11.6. The summed E-state index contributed by atoms with van der Waals surface area (Å²) in [5.74, 6) is -0.490. The van der Waals surface area contributed by atoms with Gasteiger partial charge in [0.15, 0.2) is 0 Å². The van der Waals surface area contributed by atoms with Crippen LogP contribution >= 0.6 is 0 Å². The van der Waals surface area contributed by atoms with Crippen molar-refractivity contribution < 1.29 is 19.4 Å². The second-order valence-corrected chi connectivity index (χ2v) is 4.23. The minimum absolute atomic E-state index is 0.271. The van der Waals surface area contributed by atoms with Gasteiger partial charge in [0.2, 0.25) is 0 Å². The lowest BCUT2D eigenvalue weighted by molar-refractivity contribution is -0.145. The third-order valence-corrected chi connectivity index (χ3v) is 3.26. The highest BCUT2D eigenvalue weighted by molar-refractivity contribution is 5.81. The molecule has 0 saturated carbocycles. The van der Waals surface area contributed by atoms with Crippen molar-refractivity contribution in [3.63, 3.8) is 0 Å². The van der Waals surface area contributed by atoms with Gasteiger partial charge >= 0.3 is 12.1 Å². The fourth-order valence-corrected chi connectivity index (χ4v) is 2.45. The van der Waals surface area contributed by atoms with E-state index >= 15 is 0 Å². The zero-order valence-corrected chi connectivity index (χ0v) is 10.1. The summed E-state index contributed by atoms with van der Waals surface area (Å²) in [4.78, 5) is 24.1. The number of carbonyl (C=O) groups is 2. The van der Waals surface area contributed by atoms with Gasteiger partial charge in [-0.15, -0.1) is 0 Å². The summed E-state index contributed by atoms with van der Waals surface area (Å²) in [5, 5.41) is 9.28. The molecule has 1 aliphatic heterocycles. The molecule has 1 aromatic rings. The number of rotatable bonds is 2. The summed E-state index contributed by atoms with van der Waals surface area (Å²) in [6, 6.07) is 8.38. The monoisotopic (exact) mass is 249 g/mol. The molecule has 2 atom stereocenters. The number of hydrogen-bond donors (Lipinski definition) is 1. The zero-order chi connectivity index (χ0) is 13.1. The fraction of sp³-hybridized carbons (Fsp3) is 0.385. The summed E-state index contributed by atoms with van der Waals surface area (Å²) in [6.45, 7) is 0. The number of likely N-dealkylation sites (tertiary alicyclic amines) is 1. The minimum atomic E-state index is -1.09. The standard InChI is InChI=1S/C13H15NO4/c1-18-12(15)11-8-7-10(14(11)13(16)17)9-5-3-2-4-6-9/h2-6,10-11H,7-8H2,1H3,(H,16,17). The molecular formula is C13H15NO4. The highest BCUT2D eigenvalue weighted by Crippen LogP contribution is 2.36. The van der Waals surface area contributed by atoms with E-state index in [2.05, 4.69) is 4.74 Å². The Kier molecular flexibility index (Phi) is 3.50. The van der Waals surface area contributed by atoms with Crippen molar-refractivity contribution in [2.75, 3.05) is 7.11 Å². The van der Waals surface area contributed by atoms with Gasteiger partial charge in [-0.25, -0.2) is 9.59 Å². The van der Waals surface area contributed by atoms with Gasteiger partial charge in [-0.2, -0.15) is 0 Å². The summed E-state index contributed by atoms with van der Waals surface area (Å²) in [6.07, 6.45) is 0.0472. The second-order valence-electron chi connectivity index (χ2n) is 4.23. The Labute approximate surface area is 105 Å². The minimum Gasteiger partial charge on any atom is -0.467 e. The molecule has 1 N–H and O–H groups in total. The van der Waals surface area contributed by atoms with Crippen LogP contribution in [0.15, 0.2) is 30.3 Å². The molecule has 0 radical (unpaired) electrons. The predicted molar refractivity (Wildman–Crippen MR) is 64.1 cm³/mol. The van der Waals surface area contributed by atoms with Crippen molar-refractivity contribution in [1.29, 1.82) is 0 Å². The Bertz CT molecular complexity index is 446. The van der Waals surface area contributed by atoms with Crippen molar-refractivity contribution in [2.45, 2.75) is 24.9 Å². The summed E-state index contributed by atoms with van der Waals surface area (Å²) in [7, 11) is 1.28. The van der Waals surface area contributed by atoms with Crippen LogP contribution in [0, 0.1) is 0 Å².